The Morgan fingerprint density at radius 1 is 1.29 bits per heavy atom. The number of halogens is 1. The van der Waals surface area contributed by atoms with Crippen LogP contribution < -0.4 is 0 Å². The Morgan fingerprint density at radius 2 is 1.86 bits per heavy atom. The highest BCUT2D eigenvalue weighted by Gasteiger charge is 2.16. The Labute approximate surface area is 90.7 Å². The van der Waals surface area contributed by atoms with Gasteiger partial charge < -0.3 is 0 Å². The molecule has 0 radical (unpaired) electrons. The summed E-state index contributed by atoms with van der Waals surface area (Å²) in [6.45, 7) is 3.21. The molecule has 1 N–H and O–H groups in total. The summed E-state index contributed by atoms with van der Waals surface area (Å²) >= 11 is 3.31. The smallest absolute Gasteiger partial charge is 0.207 e. The van der Waals surface area contributed by atoms with E-state index < -0.39 is 5.72 Å². The average Bonchev–Trinajstić information content (AvgIpc) is 2.17. The number of nitrogens with zero attached hydrogens (tertiary/aromatic N) is 2. The molecule has 14 heavy (non-hydrogen) atoms. The molecule has 0 bridgehead atoms. The molecule has 0 atom stereocenters. The van der Waals surface area contributed by atoms with Crippen molar-refractivity contribution in [1.29, 1.82) is 0 Å². The van der Waals surface area contributed by atoms with Crippen LogP contribution in [0.2, 0.25) is 0 Å². The van der Waals surface area contributed by atoms with Gasteiger partial charge >= 0.3 is 0 Å². The maximum atomic E-state index is 8.45. The van der Waals surface area contributed by atoms with Gasteiger partial charge in [0.15, 0.2) is 0 Å². The summed E-state index contributed by atoms with van der Waals surface area (Å²) in [5.74, 6) is 0. The summed E-state index contributed by atoms with van der Waals surface area (Å²) in [4.78, 5) is 4.11. The highest BCUT2D eigenvalue weighted by atomic mass is 79.9. The molecule has 0 saturated heterocycles. The quantitative estimate of drug-likeness (QED) is 0.510. The fraction of sp³-hybridized carbons (Fsp3) is 0.333. The standard InChI is InChI=1S/C9H11BrN2O2/c1-9(2,14-13)12-11-8-5-3-7(10)4-6-8/h3-6,13H,1-2H3. The Morgan fingerprint density at radius 3 is 2.36 bits per heavy atom. The largest absolute Gasteiger partial charge is 0.249 e. The van der Waals surface area contributed by atoms with Gasteiger partial charge in [0, 0.05) is 4.47 Å². The molecule has 76 valence electrons. The van der Waals surface area contributed by atoms with Crippen molar-refractivity contribution < 1.29 is 10.1 Å². The molecule has 0 unspecified atom stereocenters. The molecule has 0 fully saturated rings. The minimum Gasteiger partial charge on any atom is -0.249 e. The first-order valence-corrected chi connectivity index (χ1v) is 4.84. The molecule has 0 aliphatic heterocycles. The summed E-state index contributed by atoms with van der Waals surface area (Å²) in [5.41, 5.74) is -0.300. The third kappa shape index (κ3) is 3.53. The first kappa shape index (κ1) is 11.3. The van der Waals surface area contributed by atoms with Gasteiger partial charge in [-0.1, -0.05) is 15.9 Å². The van der Waals surface area contributed by atoms with Gasteiger partial charge in [-0.15, -0.1) is 0 Å². The van der Waals surface area contributed by atoms with E-state index in [0.717, 1.165) is 4.47 Å². The minimum atomic E-state index is -1.01. The van der Waals surface area contributed by atoms with Crippen molar-refractivity contribution in [2.75, 3.05) is 0 Å². The molecule has 0 amide bonds. The average molecular weight is 259 g/mol. The van der Waals surface area contributed by atoms with E-state index in [4.69, 9.17) is 5.26 Å². The van der Waals surface area contributed by atoms with E-state index >= 15 is 0 Å². The van der Waals surface area contributed by atoms with Crippen LogP contribution in [0.5, 0.6) is 0 Å². The summed E-state index contributed by atoms with van der Waals surface area (Å²) in [6, 6.07) is 7.34. The van der Waals surface area contributed by atoms with Gasteiger partial charge in [0.05, 0.1) is 5.69 Å². The number of hydrogen-bond donors (Lipinski definition) is 1. The first-order chi connectivity index (χ1) is 6.53. The van der Waals surface area contributed by atoms with Crippen LogP contribution in [-0.2, 0) is 4.89 Å². The van der Waals surface area contributed by atoms with E-state index in [1.807, 2.05) is 12.1 Å². The molecule has 0 aliphatic carbocycles. The van der Waals surface area contributed by atoms with Crippen molar-refractivity contribution >= 4 is 21.6 Å². The second-order valence-corrected chi connectivity index (χ2v) is 4.13. The van der Waals surface area contributed by atoms with Crippen LogP contribution in [-0.4, -0.2) is 11.0 Å². The highest BCUT2D eigenvalue weighted by Crippen LogP contribution is 2.19. The van der Waals surface area contributed by atoms with Crippen molar-refractivity contribution in [3.05, 3.63) is 28.7 Å². The predicted molar refractivity (Wildman–Crippen MR) is 56.5 cm³/mol. The zero-order valence-corrected chi connectivity index (χ0v) is 9.52. The van der Waals surface area contributed by atoms with E-state index in [9.17, 15) is 0 Å². The van der Waals surface area contributed by atoms with Crippen molar-refractivity contribution in [3.63, 3.8) is 0 Å². The SMILES string of the molecule is CC(C)(N=Nc1ccc(Br)cc1)OO. The third-order valence-electron chi connectivity index (χ3n) is 1.46. The Kier molecular flexibility index (Phi) is 3.74. The van der Waals surface area contributed by atoms with E-state index in [1.54, 1.807) is 26.0 Å². The minimum absolute atomic E-state index is 0.707. The number of azo groups is 1. The van der Waals surface area contributed by atoms with Gasteiger partial charge in [-0.2, -0.15) is 10.2 Å². The Hall–Kier alpha value is -0.780. The predicted octanol–water partition coefficient (Wildman–Crippen LogP) is 3.76. The monoisotopic (exact) mass is 258 g/mol. The molecule has 0 aliphatic rings. The summed E-state index contributed by atoms with van der Waals surface area (Å²) in [5, 5.41) is 16.2. The maximum Gasteiger partial charge on any atom is 0.207 e. The molecular weight excluding hydrogens is 248 g/mol. The van der Waals surface area contributed by atoms with Crippen molar-refractivity contribution in [1.82, 2.24) is 0 Å². The Bertz CT molecular complexity index is 322. The summed E-state index contributed by atoms with van der Waals surface area (Å²) in [6.07, 6.45) is 0. The lowest BCUT2D eigenvalue weighted by Gasteiger charge is -2.11. The number of hydrogen-bond acceptors (Lipinski definition) is 4. The fourth-order valence-electron chi connectivity index (χ4n) is 0.704. The Balaban J connectivity index is 2.74. The van der Waals surface area contributed by atoms with Crippen LogP contribution in [0.25, 0.3) is 0 Å². The van der Waals surface area contributed by atoms with Crippen LogP contribution >= 0.6 is 15.9 Å². The van der Waals surface area contributed by atoms with E-state index in [0.29, 0.717) is 5.69 Å². The van der Waals surface area contributed by atoms with E-state index in [1.165, 1.54) is 0 Å². The zero-order valence-electron chi connectivity index (χ0n) is 7.94. The van der Waals surface area contributed by atoms with Gasteiger partial charge in [0.25, 0.3) is 0 Å². The molecule has 0 saturated carbocycles. The van der Waals surface area contributed by atoms with Crippen molar-refractivity contribution in [3.8, 4) is 0 Å². The molecule has 1 aromatic carbocycles. The maximum absolute atomic E-state index is 8.45. The van der Waals surface area contributed by atoms with Crippen molar-refractivity contribution in [2.24, 2.45) is 10.2 Å². The van der Waals surface area contributed by atoms with Gasteiger partial charge in [-0.25, -0.2) is 10.1 Å². The molecule has 0 spiro atoms. The molecule has 0 aromatic heterocycles. The molecular formula is C9H11BrN2O2. The van der Waals surface area contributed by atoms with Crippen LogP contribution in [0.15, 0.2) is 39.0 Å². The van der Waals surface area contributed by atoms with Crippen LogP contribution in [0, 0.1) is 0 Å². The molecule has 1 aromatic rings. The van der Waals surface area contributed by atoms with Crippen LogP contribution in [0.1, 0.15) is 13.8 Å². The van der Waals surface area contributed by atoms with Gasteiger partial charge in [-0.05, 0) is 38.1 Å². The van der Waals surface area contributed by atoms with Gasteiger partial charge in [-0.3, -0.25) is 0 Å². The summed E-state index contributed by atoms with van der Waals surface area (Å²) in [7, 11) is 0. The van der Waals surface area contributed by atoms with Crippen LogP contribution in [0.4, 0.5) is 5.69 Å². The number of rotatable bonds is 3. The third-order valence-corrected chi connectivity index (χ3v) is 1.98. The second-order valence-electron chi connectivity index (χ2n) is 3.21. The lowest BCUT2D eigenvalue weighted by Crippen LogP contribution is -2.18. The molecule has 1 rings (SSSR count). The zero-order chi connectivity index (χ0) is 10.6. The number of benzene rings is 1. The lowest BCUT2D eigenvalue weighted by molar-refractivity contribution is -0.311. The van der Waals surface area contributed by atoms with E-state index in [2.05, 4.69) is 31.0 Å². The van der Waals surface area contributed by atoms with Gasteiger partial charge in [0.1, 0.15) is 0 Å². The van der Waals surface area contributed by atoms with Crippen molar-refractivity contribution in [2.45, 2.75) is 19.6 Å². The topological polar surface area (TPSA) is 54.2 Å². The first-order valence-electron chi connectivity index (χ1n) is 4.04. The molecule has 5 heteroatoms. The molecule has 0 heterocycles. The molecule has 4 nitrogen and oxygen atoms in total. The fourth-order valence-corrected chi connectivity index (χ4v) is 0.968. The lowest BCUT2D eigenvalue weighted by atomic mass is 10.3. The summed E-state index contributed by atoms with van der Waals surface area (Å²) < 4.78 is 0.981. The highest BCUT2D eigenvalue weighted by molar-refractivity contribution is 9.10. The normalized spacial score (nSPS) is 12.3. The van der Waals surface area contributed by atoms with E-state index in [-0.39, 0.29) is 0 Å². The van der Waals surface area contributed by atoms with Gasteiger partial charge in [0.2, 0.25) is 5.72 Å². The van der Waals surface area contributed by atoms with Crippen LogP contribution in [0.3, 0.4) is 0 Å². The second kappa shape index (κ2) is 4.63.